The van der Waals surface area contributed by atoms with Gasteiger partial charge in [-0.3, -0.25) is 0 Å². The molecule has 0 radical (unpaired) electrons. The van der Waals surface area contributed by atoms with Crippen LogP contribution < -0.4 is 5.32 Å². The van der Waals surface area contributed by atoms with Gasteiger partial charge in [-0.15, -0.1) is 0 Å². The molecular formula is C10H22N2S. The van der Waals surface area contributed by atoms with Crippen molar-refractivity contribution >= 4 is 11.8 Å². The van der Waals surface area contributed by atoms with Gasteiger partial charge in [-0.25, -0.2) is 0 Å². The minimum absolute atomic E-state index is 0.798. The first-order chi connectivity index (χ1) is 6.34. The highest BCUT2D eigenvalue weighted by atomic mass is 32.2. The average Bonchev–Trinajstić information content (AvgIpc) is 2.65. The second-order valence-electron chi connectivity index (χ2n) is 3.68. The molecule has 1 unspecified atom stereocenters. The van der Waals surface area contributed by atoms with Gasteiger partial charge in [0.05, 0.1) is 0 Å². The molecule has 1 heterocycles. The number of hydrogen-bond donors (Lipinski definition) is 1. The molecule has 0 aromatic heterocycles. The van der Waals surface area contributed by atoms with Crippen LogP contribution in [0.25, 0.3) is 0 Å². The second kappa shape index (κ2) is 6.68. The normalized spacial score (nSPS) is 22.8. The van der Waals surface area contributed by atoms with Gasteiger partial charge in [0.15, 0.2) is 0 Å². The fourth-order valence-corrected chi connectivity index (χ4v) is 2.38. The molecule has 0 bridgehead atoms. The molecule has 1 fully saturated rings. The summed E-state index contributed by atoms with van der Waals surface area (Å²) >= 11 is 2.05. The molecule has 13 heavy (non-hydrogen) atoms. The van der Waals surface area contributed by atoms with E-state index in [1.54, 1.807) is 0 Å². The maximum absolute atomic E-state index is 3.41. The highest BCUT2D eigenvalue weighted by Crippen LogP contribution is 2.08. The van der Waals surface area contributed by atoms with E-state index in [2.05, 4.69) is 35.9 Å². The lowest BCUT2D eigenvalue weighted by Gasteiger charge is -2.23. The van der Waals surface area contributed by atoms with Crippen molar-refractivity contribution in [2.24, 2.45) is 0 Å². The van der Waals surface area contributed by atoms with Crippen molar-refractivity contribution in [3.8, 4) is 0 Å². The van der Waals surface area contributed by atoms with E-state index in [4.69, 9.17) is 0 Å². The molecule has 1 saturated heterocycles. The maximum atomic E-state index is 3.41. The Morgan fingerprint density at radius 1 is 1.54 bits per heavy atom. The van der Waals surface area contributed by atoms with Crippen LogP contribution in [0.4, 0.5) is 0 Å². The van der Waals surface area contributed by atoms with Gasteiger partial charge in [0.2, 0.25) is 0 Å². The van der Waals surface area contributed by atoms with Gasteiger partial charge in [0, 0.05) is 12.6 Å². The number of rotatable bonds is 6. The van der Waals surface area contributed by atoms with E-state index in [1.165, 1.54) is 44.0 Å². The molecular weight excluding hydrogens is 180 g/mol. The Bertz CT molecular complexity index is 124. The van der Waals surface area contributed by atoms with Crippen LogP contribution in [0, 0.1) is 0 Å². The van der Waals surface area contributed by atoms with E-state index in [1.807, 2.05) is 0 Å². The highest BCUT2D eigenvalue weighted by Gasteiger charge is 2.17. The van der Waals surface area contributed by atoms with Gasteiger partial charge < -0.3 is 10.2 Å². The molecule has 0 aliphatic carbocycles. The average molecular weight is 202 g/mol. The van der Waals surface area contributed by atoms with Crippen LogP contribution in [0.2, 0.25) is 0 Å². The smallest absolute Gasteiger partial charge is 0.0229 e. The summed E-state index contributed by atoms with van der Waals surface area (Å²) < 4.78 is 0. The molecule has 1 N–H and O–H groups in total. The number of nitrogens with zero attached hydrogens (tertiary/aromatic N) is 1. The molecule has 1 aliphatic heterocycles. The fraction of sp³-hybridized carbons (Fsp3) is 1.00. The van der Waals surface area contributed by atoms with E-state index in [9.17, 15) is 0 Å². The van der Waals surface area contributed by atoms with Gasteiger partial charge in [-0.2, -0.15) is 11.8 Å². The Hall–Kier alpha value is 0.270. The quantitative estimate of drug-likeness (QED) is 0.656. The van der Waals surface area contributed by atoms with Crippen molar-refractivity contribution in [3.63, 3.8) is 0 Å². The van der Waals surface area contributed by atoms with Crippen LogP contribution >= 0.6 is 11.8 Å². The number of likely N-dealkylation sites (N-methyl/N-ethyl adjacent to an activating group) is 1. The summed E-state index contributed by atoms with van der Waals surface area (Å²) in [5.74, 6) is 2.58. The predicted octanol–water partition coefficient (Wildman–Crippen LogP) is 1.42. The molecule has 0 saturated carbocycles. The first-order valence-corrected chi connectivity index (χ1v) is 6.48. The lowest BCUT2D eigenvalue weighted by Crippen LogP contribution is -2.34. The van der Waals surface area contributed by atoms with Crippen LogP contribution in [0.1, 0.15) is 19.8 Å². The van der Waals surface area contributed by atoms with Crippen LogP contribution in [0.15, 0.2) is 0 Å². The largest absolute Gasteiger partial charge is 0.315 e. The predicted molar refractivity (Wildman–Crippen MR) is 61.5 cm³/mol. The molecule has 1 atom stereocenters. The molecule has 0 spiro atoms. The van der Waals surface area contributed by atoms with E-state index in [-0.39, 0.29) is 0 Å². The first kappa shape index (κ1) is 11.3. The monoisotopic (exact) mass is 202 g/mol. The summed E-state index contributed by atoms with van der Waals surface area (Å²) in [4.78, 5) is 2.51. The van der Waals surface area contributed by atoms with Gasteiger partial charge >= 0.3 is 0 Å². The topological polar surface area (TPSA) is 15.3 Å². The van der Waals surface area contributed by atoms with Crippen LogP contribution in [0.5, 0.6) is 0 Å². The Labute approximate surface area is 86.5 Å². The number of hydrogen-bond acceptors (Lipinski definition) is 3. The molecule has 1 aliphatic rings. The van der Waals surface area contributed by atoms with Crippen molar-refractivity contribution < 1.29 is 0 Å². The SMILES string of the molecule is CCSCCCN(C)C1CCNC1. The van der Waals surface area contributed by atoms with Gasteiger partial charge in [0.25, 0.3) is 0 Å². The lowest BCUT2D eigenvalue weighted by molar-refractivity contribution is 0.258. The van der Waals surface area contributed by atoms with Crippen molar-refractivity contribution in [2.75, 3.05) is 38.2 Å². The minimum Gasteiger partial charge on any atom is -0.315 e. The summed E-state index contributed by atoms with van der Waals surface area (Å²) in [7, 11) is 2.26. The van der Waals surface area contributed by atoms with E-state index in [0.717, 1.165) is 6.04 Å². The molecule has 78 valence electrons. The Morgan fingerprint density at radius 3 is 3.00 bits per heavy atom. The third kappa shape index (κ3) is 4.34. The fourth-order valence-electron chi connectivity index (χ4n) is 1.76. The number of thioether (sulfide) groups is 1. The van der Waals surface area contributed by atoms with E-state index >= 15 is 0 Å². The van der Waals surface area contributed by atoms with Crippen molar-refractivity contribution in [1.82, 2.24) is 10.2 Å². The van der Waals surface area contributed by atoms with Crippen molar-refractivity contribution in [2.45, 2.75) is 25.8 Å². The molecule has 3 heteroatoms. The third-order valence-corrected chi connectivity index (χ3v) is 3.65. The van der Waals surface area contributed by atoms with E-state index < -0.39 is 0 Å². The van der Waals surface area contributed by atoms with Gasteiger partial charge in [-0.05, 0) is 44.5 Å². The first-order valence-electron chi connectivity index (χ1n) is 5.33. The second-order valence-corrected chi connectivity index (χ2v) is 5.07. The Kier molecular flexibility index (Phi) is 5.83. The van der Waals surface area contributed by atoms with Crippen LogP contribution in [-0.4, -0.2) is 49.1 Å². The standard InChI is InChI=1S/C10H22N2S/c1-3-13-8-4-7-12(2)10-5-6-11-9-10/h10-11H,3-9H2,1-2H3. The third-order valence-electron chi connectivity index (χ3n) is 2.66. The maximum Gasteiger partial charge on any atom is 0.0229 e. The molecule has 0 amide bonds. The Morgan fingerprint density at radius 2 is 2.38 bits per heavy atom. The van der Waals surface area contributed by atoms with Crippen molar-refractivity contribution in [3.05, 3.63) is 0 Å². The highest BCUT2D eigenvalue weighted by molar-refractivity contribution is 7.99. The molecule has 2 nitrogen and oxygen atoms in total. The van der Waals surface area contributed by atoms with Crippen LogP contribution in [-0.2, 0) is 0 Å². The summed E-state index contributed by atoms with van der Waals surface area (Å²) in [6.07, 6.45) is 2.67. The van der Waals surface area contributed by atoms with Crippen LogP contribution in [0.3, 0.4) is 0 Å². The molecule has 0 aromatic rings. The van der Waals surface area contributed by atoms with E-state index in [0.29, 0.717) is 0 Å². The molecule has 1 rings (SSSR count). The lowest BCUT2D eigenvalue weighted by atomic mass is 10.2. The summed E-state index contributed by atoms with van der Waals surface area (Å²) in [5.41, 5.74) is 0. The summed E-state index contributed by atoms with van der Waals surface area (Å²) in [5, 5.41) is 3.41. The van der Waals surface area contributed by atoms with Gasteiger partial charge in [0.1, 0.15) is 0 Å². The zero-order valence-corrected chi connectivity index (χ0v) is 9.70. The van der Waals surface area contributed by atoms with Crippen molar-refractivity contribution in [1.29, 1.82) is 0 Å². The summed E-state index contributed by atoms with van der Waals surface area (Å²) in [6.45, 7) is 5.89. The van der Waals surface area contributed by atoms with Gasteiger partial charge in [-0.1, -0.05) is 6.92 Å². The number of nitrogens with one attached hydrogen (secondary N) is 1. The zero-order chi connectivity index (χ0) is 9.52. The Balaban J connectivity index is 1.99. The summed E-state index contributed by atoms with van der Waals surface area (Å²) in [6, 6.07) is 0.798. The molecule has 0 aromatic carbocycles. The minimum atomic E-state index is 0.798. The zero-order valence-electron chi connectivity index (χ0n) is 8.88.